The average molecular weight is 207 g/mol. The van der Waals surface area contributed by atoms with E-state index in [9.17, 15) is 0 Å². The highest BCUT2D eigenvalue weighted by Crippen LogP contribution is 2.20. The molecule has 78 valence electrons. The van der Waals surface area contributed by atoms with E-state index in [1.165, 1.54) is 16.7 Å². The molecule has 0 saturated heterocycles. The molecule has 0 atom stereocenters. The lowest BCUT2D eigenvalue weighted by Gasteiger charge is -2.03. The first-order valence-electron chi connectivity index (χ1n) is 5.32. The van der Waals surface area contributed by atoms with Crippen LogP contribution in [0.1, 0.15) is 11.1 Å². The second-order valence-electron chi connectivity index (χ2n) is 3.90. The highest BCUT2D eigenvalue weighted by molar-refractivity contribution is 5.64. The number of nitrogens with zero attached hydrogens (tertiary/aromatic N) is 1. The van der Waals surface area contributed by atoms with Gasteiger partial charge in [0.2, 0.25) is 0 Å². The molecule has 0 spiro atoms. The predicted molar refractivity (Wildman–Crippen MR) is 65.9 cm³/mol. The maximum absolute atomic E-state index is 8.59. The Kier molecular flexibility index (Phi) is 3.03. The van der Waals surface area contributed by atoms with Crippen molar-refractivity contribution in [3.8, 4) is 17.2 Å². The molecule has 16 heavy (non-hydrogen) atoms. The molecular weight excluding hydrogens is 194 g/mol. The van der Waals surface area contributed by atoms with E-state index < -0.39 is 0 Å². The molecule has 0 heterocycles. The number of rotatable bonds is 2. The molecule has 0 aliphatic heterocycles. The Morgan fingerprint density at radius 3 is 2.38 bits per heavy atom. The molecule has 0 unspecified atom stereocenters. The zero-order valence-corrected chi connectivity index (χ0v) is 9.27. The molecule has 1 nitrogen and oxygen atoms in total. The fourth-order valence-corrected chi connectivity index (χ4v) is 1.73. The quantitative estimate of drug-likeness (QED) is 0.736. The topological polar surface area (TPSA) is 23.8 Å². The molecule has 2 aromatic rings. The summed E-state index contributed by atoms with van der Waals surface area (Å²) in [7, 11) is 0. The molecule has 0 N–H and O–H groups in total. The van der Waals surface area contributed by atoms with Crippen LogP contribution in [-0.2, 0) is 6.42 Å². The summed E-state index contributed by atoms with van der Waals surface area (Å²) in [5, 5.41) is 8.59. The van der Waals surface area contributed by atoms with E-state index in [0.29, 0.717) is 6.42 Å². The van der Waals surface area contributed by atoms with Crippen LogP contribution in [0.3, 0.4) is 0 Å². The van der Waals surface area contributed by atoms with Gasteiger partial charge in [0, 0.05) is 0 Å². The summed E-state index contributed by atoms with van der Waals surface area (Å²) in [5.74, 6) is 0. The van der Waals surface area contributed by atoms with Gasteiger partial charge in [-0.25, -0.2) is 0 Å². The van der Waals surface area contributed by atoms with Gasteiger partial charge in [-0.3, -0.25) is 0 Å². The van der Waals surface area contributed by atoms with E-state index in [4.69, 9.17) is 5.26 Å². The lowest BCUT2D eigenvalue weighted by Crippen LogP contribution is -1.83. The van der Waals surface area contributed by atoms with Crippen LogP contribution in [0, 0.1) is 18.3 Å². The maximum Gasteiger partial charge on any atom is 0.0669 e. The largest absolute Gasteiger partial charge is 0.198 e. The fraction of sp³-hybridized carbons (Fsp3) is 0.133. The van der Waals surface area contributed by atoms with E-state index in [-0.39, 0.29) is 0 Å². The molecule has 2 aromatic carbocycles. The molecule has 1 heteroatoms. The molecule has 0 radical (unpaired) electrons. The SMILES string of the molecule is Cc1cccc(-c2ccc(CC#N)cc2)c1. The number of benzene rings is 2. The zero-order chi connectivity index (χ0) is 11.4. The van der Waals surface area contributed by atoms with Crippen LogP contribution < -0.4 is 0 Å². The van der Waals surface area contributed by atoms with Crippen LogP contribution in [-0.4, -0.2) is 0 Å². The normalized spacial score (nSPS) is 9.75. The van der Waals surface area contributed by atoms with Gasteiger partial charge in [0.15, 0.2) is 0 Å². The van der Waals surface area contributed by atoms with Crippen molar-refractivity contribution in [3.05, 3.63) is 59.7 Å². The Hall–Kier alpha value is -2.07. The second-order valence-corrected chi connectivity index (χ2v) is 3.90. The number of hydrogen-bond acceptors (Lipinski definition) is 1. The van der Waals surface area contributed by atoms with Crippen molar-refractivity contribution in [2.45, 2.75) is 13.3 Å². The Labute approximate surface area is 96.0 Å². The van der Waals surface area contributed by atoms with Crippen LogP contribution in [0.4, 0.5) is 0 Å². The first-order chi connectivity index (χ1) is 7.79. The minimum absolute atomic E-state index is 0.480. The highest BCUT2D eigenvalue weighted by Gasteiger charge is 1.98. The Morgan fingerprint density at radius 2 is 1.75 bits per heavy atom. The first kappa shape index (κ1) is 10.4. The summed E-state index contributed by atoms with van der Waals surface area (Å²) in [4.78, 5) is 0. The molecule has 2 rings (SSSR count). The lowest BCUT2D eigenvalue weighted by molar-refractivity contribution is 1.26. The van der Waals surface area contributed by atoms with Crippen molar-refractivity contribution >= 4 is 0 Å². The maximum atomic E-state index is 8.59. The molecule has 0 bridgehead atoms. The highest BCUT2D eigenvalue weighted by atomic mass is 14.2. The second kappa shape index (κ2) is 4.63. The van der Waals surface area contributed by atoms with Crippen molar-refractivity contribution in [1.29, 1.82) is 5.26 Å². The minimum atomic E-state index is 0.480. The summed E-state index contributed by atoms with van der Waals surface area (Å²) >= 11 is 0. The van der Waals surface area contributed by atoms with Crippen molar-refractivity contribution in [3.63, 3.8) is 0 Å². The van der Waals surface area contributed by atoms with E-state index in [0.717, 1.165) is 5.56 Å². The number of aryl methyl sites for hydroxylation is 1. The summed E-state index contributed by atoms with van der Waals surface area (Å²) in [5.41, 5.74) is 4.76. The third kappa shape index (κ3) is 2.29. The Morgan fingerprint density at radius 1 is 1.00 bits per heavy atom. The Balaban J connectivity index is 2.32. The number of hydrogen-bond donors (Lipinski definition) is 0. The van der Waals surface area contributed by atoms with Crippen LogP contribution in [0.5, 0.6) is 0 Å². The molecule has 0 amide bonds. The smallest absolute Gasteiger partial charge is 0.0669 e. The molecule has 0 aromatic heterocycles. The van der Waals surface area contributed by atoms with Gasteiger partial charge in [0.1, 0.15) is 0 Å². The molecule has 0 aliphatic carbocycles. The van der Waals surface area contributed by atoms with Gasteiger partial charge in [-0.2, -0.15) is 5.26 Å². The molecular formula is C15H13N. The fourth-order valence-electron chi connectivity index (χ4n) is 1.73. The van der Waals surface area contributed by atoms with Crippen molar-refractivity contribution in [2.24, 2.45) is 0 Å². The minimum Gasteiger partial charge on any atom is -0.198 e. The van der Waals surface area contributed by atoms with Crippen LogP contribution in [0.25, 0.3) is 11.1 Å². The van der Waals surface area contributed by atoms with Gasteiger partial charge >= 0.3 is 0 Å². The van der Waals surface area contributed by atoms with E-state index in [1.54, 1.807) is 0 Å². The van der Waals surface area contributed by atoms with E-state index in [1.807, 2.05) is 12.1 Å². The summed E-state index contributed by atoms with van der Waals surface area (Å²) in [6, 6.07) is 18.7. The van der Waals surface area contributed by atoms with Crippen LogP contribution in [0.2, 0.25) is 0 Å². The lowest BCUT2D eigenvalue weighted by atomic mass is 10.0. The van der Waals surface area contributed by atoms with Crippen molar-refractivity contribution < 1.29 is 0 Å². The van der Waals surface area contributed by atoms with Gasteiger partial charge < -0.3 is 0 Å². The van der Waals surface area contributed by atoms with Gasteiger partial charge in [-0.15, -0.1) is 0 Å². The summed E-state index contributed by atoms with van der Waals surface area (Å²) in [6.45, 7) is 2.09. The van der Waals surface area contributed by atoms with Gasteiger partial charge in [-0.05, 0) is 23.6 Å². The predicted octanol–water partition coefficient (Wildman–Crippen LogP) is 3.73. The third-order valence-electron chi connectivity index (χ3n) is 2.59. The van der Waals surface area contributed by atoms with Crippen LogP contribution in [0.15, 0.2) is 48.5 Å². The molecule has 0 aliphatic rings. The molecule has 0 fully saturated rings. The third-order valence-corrected chi connectivity index (χ3v) is 2.59. The summed E-state index contributed by atoms with van der Waals surface area (Å²) < 4.78 is 0. The van der Waals surface area contributed by atoms with E-state index in [2.05, 4.69) is 49.4 Å². The standard InChI is InChI=1S/C15H13N/c1-12-3-2-4-15(11-12)14-7-5-13(6-8-14)9-10-16/h2-8,11H,9H2,1H3. The van der Waals surface area contributed by atoms with Gasteiger partial charge in [-0.1, -0.05) is 54.1 Å². The van der Waals surface area contributed by atoms with Gasteiger partial charge in [0.25, 0.3) is 0 Å². The zero-order valence-electron chi connectivity index (χ0n) is 9.27. The monoisotopic (exact) mass is 207 g/mol. The average Bonchev–Trinajstić information content (AvgIpc) is 2.30. The van der Waals surface area contributed by atoms with Crippen LogP contribution >= 0.6 is 0 Å². The van der Waals surface area contributed by atoms with E-state index >= 15 is 0 Å². The number of nitriles is 1. The van der Waals surface area contributed by atoms with Gasteiger partial charge in [0.05, 0.1) is 12.5 Å². The summed E-state index contributed by atoms with van der Waals surface area (Å²) in [6.07, 6.45) is 0.480. The molecule has 0 saturated carbocycles. The van der Waals surface area contributed by atoms with Crippen molar-refractivity contribution in [1.82, 2.24) is 0 Å². The first-order valence-corrected chi connectivity index (χ1v) is 5.32. The van der Waals surface area contributed by atoms with Crippen molar-refractivity contribution in [2.75, 3.05) is 0 Å². The Bertz CT molecular complexity index is 518.